The van der Waals surface area contributed by atoms with Crippen LogP contribution >= 0.6 is 0 Å². The van der Waals surface area contributed by atoms with Gasteiger partial charge in [-0.3, -0.25) is 10.1 Å². The van der Waals surface area contributed by atoms with Crippen LogP contribution in [0.4, 0.5) is 0 Å². The first-order chi connectivity index (χ1) is 7.27. The lowest BCUT2D eigenvalue weighted by molar-refractivity contribution is -0.496. The van der Waals surface area contributed by atoms with Crippen LogP contribution in [-0.2, 0) is 0 Å². The van der Waals surface area contributed by atoms with E-state index in [0.29, 0.717) is 0 Å². The molecule has 3 nitrogen and oxygen atoms in total. The molecule has 1 aliphatic carbocycles. The third kappa shape index (κ3) is 2.13. The van der Waals surface area contributed by atoms with Crippen molar-refractivity contribution >= 4 is 0 Å². The van der Waals surface area contributed by atoms with Crippen LogP contribution in [0.25, 0.3) is 0 Å². The second-order valence-corrected chi connectivity index (χ2v) is 3.48. The summed E-state index contributed by atoms with van der Waals surface area (Å²) >= 11 is 0. The topological polar surface area (TPSA) is 43.1 Å². The molecule has 0 fully saturated rings. The van der Waals surface area contributed by atoms with Crippen LogP contribution in [0.2, 0.25) is 0 Å². The maximum absolute atomic E-state index is 10.5. The standard InChI is InChI=1S/C12H11NO2/c14-13(15)12-8-6-11(7-9-12)10-4-2-1-3-5-10/h1-9,11-12H. The predicted octanol–water partition coefficient (Wildman–Crippen LogP) is 2.54. The van der Waals surface area contributed by atoms with Crippen molar-refractivity contribution in [2.24, 2.45) is 0 Å². The number of allylic oxidation sites excluding steroid dienone is 2. The molecule has 76 valence electrons. The molecule has 0 saturated heterocycles. The summed E-state index contributed by atoms with van der Waals surface area (Å²) in [7, 11) is 0. The Morgan fingerprint density at radius 1 is 1.00 bits per heavy atom. The molecule has 0 aliphatic heterocycles. The van der Waals surface area contributed by atoms with Gasteiger partial charge in [0.15, 0.2) is 0 Å². The first-order valence-electron chi connectivity index (χ1n) is 4.82. The zero-order chi connectivity index (χ0) is 10.7. The number of nitro groups is 1. The molecule has 2 rings (SSSR count). The predicted molar refractivity (Wildman–Crippen MR) is 58.2 cm³/mol. The fraction of sp³-hybridized carbons (Fsp3) is 0.167. The van der Waals surface area contributed by atoms with Crippen molar-refractivity contribution in [3.8, 4) is 0 Å². The van der Waals surface area contributed by atoms with Gasteiger partial charge in [0.2, 0.25) is 6.04 Å². The minimum Gasteiger partial charge on any atom is -0.264 e. The summed E-state index contributed by atoms with van der Waals surface area (Å²) in [5.41, 5.74) is 1.16. The molecule has 1 aliphatic rings. The number of hydrogen-bond acceptors (Lipinski definition) is 2. The lowest BCUT2D eigenvalue weighted by Crippen LogP contribution is -2.16. The number of nitrogens with zero attached hydrogens (tertiary/aromatic N) is 1. The molecule has 0 heterocycles. The first-order valence-corrected chi connectivity index (χ1v) is 4.82. The van der Waals surface area contributed by atoms with Crippen molar-refractivity contribution in [2.45, 2.75) is 12.0 Å². The van der Waals surface area contributed by atoms with Crippen molar-refractivity contribution in [3.05, 3.63) is 70.3 Å². The Labute approximate surface area is 87.9 Å². The second kappa shape index (κ2) is 4.09. The largest absolute Gasteiger partial charge is 0.264 e. The van der Waals surface area contributed by atoms with Gasteiger partial charge in [-0.15, -0.1) is 0 Å². The van der Waals surface area contributed by atoms with E-state index in [0.717, 1.165) is 5.56 Å². The maximum atomic E-state index is 10.5. The molecular weight excluding hydrogens is 190 g/mol. The molecule has 1 aromatic carbocycles. The van der Waals surface area contributed by atoms with E-state index >= 15 is 0 Å². The van der Waals surface area contributed by atoms with Crippen LogP contribution in [0.1, 0.15) is 11.5 Å². The Hall–Kier alpha value is -1.90. The maximum Gasteiger partial charge on any atom is 0.249 e. The van der Waals surface area contributed by atoms with Gasteiger partial charge in [0.05, 0.1) is 0 Å². The van der Waals surface area contributed by atoms with E-state index in [4.69, 9.17) is 0 Å². The average Bonchev–Trinajstić information content (AvgIpc) is 2.30. The molecule has 0 spiro atoms. The molecule has 0 radical (unpaired) electrons. The second-order valence-electron chi connectivity index (χ2n) is 3.48. The highest BCUT2D eigenvalue weighted by atomic mass is 16.6. The molecule has 15 heavy (non-hydrogen) atoms. The van der Waals surface area contributed by atoms with Crippen molar-refractivity contribution in [2.75, 3.05) is 0 Å². The van der Waals surface area contributed by atoms with Crippen LogP contribution in [0.15, 0.2) is 54.6 Å². The van der Waals surface area contributed by atoms with Crippen LogP contribution < -0.4 is 0 Å². The summed E-state index contributed by atoms with van der Waals surface area (Å²) < 4.78 is 0. The molecule has 1 aromatic rings. The summed E-state index contributed by atoms with van der Waals surface area (Å²) in [6.07, 6.45) is 7.03. The van der Waals surface area contributed by atoms with Gasteiger partial charge in [-0.1, -0.05) is 42.5 Å². The van der Waals surface area contributed by atoms with Gasteiger partial charge in [0.25, 0.3) is 0 Å². The van der Waals surface area contributed by atoms with E-state index in [1.54, 1.807) is 12.2 Å². The molecule has 0 amide bonds. The molecule has 0 atom stereocenters. The summed E-state index contributed by atoms with van der Waals surface area (Å²) in [6.45, 7) is 0. The minimum atomic E-state index is -0.662. The zero-order valence-corrected chi connectivity index (χ0v) is 8.11. The molecule has 3 heteroatoms. The zero-order valence-electron chi connectivity index (χ0n) is 8.11. The van der Waals surface area contributed by atoms with Gasteiger partial charge in [-0.25, -0.2) is 0 Å². The highest BCUT2D eigenvalue weighted by molar-refractivity contribution is 5.32. The number of hydrogen-bond donors (Lipinski definition) is 0. The average molecular weight is 201 g/mol. The van der Waals surface area contributed by atoms with Crippen LogP contribution in [0.3, 0.4) is 0 Å². The fourth-order valence-corrected chi connectivity index (χ4v) is 1.63. The van der Waals surface area contributed by atoms with E-state index in [1.807, 2.05) is 42.5 Å². The van der Waals surface area contributed by atoms with Gasteiger partial charge in [-0.05, 0) is 17.7 Å². The van der Waals surface area contributed by atoms with E-state index in [-0.39, 0.29) is 10.8 Å². The summed E-state index contributed by atoms with van der Waals surface area (Å²) in [5, 5.41) is 10.5. The van der Waals surface area contributed by atoms with Crippen molar-refractivity contribution in [1.29, 1.82) is 0 Å². The smallest absolute Gasteiger partial charge is 0.249 e. The molecule has 0 unspecified atom stereocenters. The highest BCUT2D eigenvalue weighted by Gasteiger charge is 2.17. The van der Waals surface area contributed by atoms with Crippen molar-refractivity contribution < 1.29 is 4.92 Å². The lowest BCUT2D eigenvalue weighted by atomic mass is 9.93. The molecule has 0 aromatic heterocycles. The van der Waals surface area contributed by atoms with Gasteiger partial charge < -0.3 is 0 Å². The molecular formula is C12H11NO2. The Morgan fingerprint density at radius 2 is 1.60 bits per heavy atom. The van der Waals surface area contributed by atoms with Crippen LogP contribution in [-0.4, -0.2) is 11.0 Å². The Balaban J connectivity index is 2.15. The summed E-state index contributed by atoms with van der Waals surface area (Å²) in [5.74, 6) is 0.169. The Bertz CT molecular complexity index is 395. The Morgan fingerprint density at radius 3 is 2.13 bits per heavy atom. The monoisotopic (exact) mass is 201 g/mol. The fourth-order valence-electron chi connectivity index (χ4n) is 1.63. The third-order valence-corrected chi connectivity index (χ3v) is 2.46. The van der Waals surface area contributed by atoms with Crippen LogP contribution in [0, 0.1) is 10.1 Å². The molecule has 0 N–H and O–H groups in total. The van der Waals surface area contributed by atoms with Gasteiger partial charge in [0.1, 0.15) is 0 Å². The van der Waals surface area contributed by atoms with E-state index in [2.05, 4.69) is 0 Å². The van der Waals surface area contributed by atoms with Crippen molar-refractivity contribution in [1.82, 2.24) is 0 Å². The minimum absolute atomic E-state index is 0.169. The SMILES string of the molecule is O=[N+]([O-])C1C=CC(c2ccccc2)C=C1. The Kier molecular flexibility index (Phi) is 2.63. The van der Waals surface area contributed by atoms with E-state index in [1.165, 1.54) is 0 Å². The van der Waals surface area contributed by atoms with Gasteiger partial charge in [0, 0.05) is 10.8 Å². The highest BCUT2D eigenvalue weighted by Crippen LogP contribution is 2.22. The number of benzene rings is 1. The summed E-state index contributed by atoms with van der Waals surface area (Å²) in [4.78, 5) is 10.2. The normalized spacial score (nSPS) is 24.0. The summed E-state index contributed by atoms with van der Waals surface area (Å²) in [6, 6.07) is 9.27. The molecule has 0 bridgehead atoms. The lowest BCUT2D eigenvalue weighted by Gasteiger charge is -2.12. The molecule has 0 saturated carbocycles. The third-order valence-electron chi connectivity index (χ3n) is 2.46. The van der Waals surface area contributed by atoms with Gasteiger partial charge in [-0.2, -0.15) is 0 Å². The first kappa shape index (κ1) is 9.65. The van der Waals surface area contributed by atoms with Crippen LogP contribution in [0.5, 0.6) is 0 Å². The van der Waals surface area contributed by atoms with Gasteiger partial charge >= 0.3 is 0 Å². The van der Waals surface area contributed by atoms with E-state index < -0.39 is 6.04 Å². The quantitative estimate of drug-likeness (QED) is 0.419. The number of rotatable bonds is 2. The van der Waals surface area contributed by atoms with E-state index in [9.17, 15) is 10.1 Å². The van der Waals surface area contributed by atoms with Crippen molar-refractivity contribution in [3.63, 3.8) is 0 Å².